The number of hydrogen-bond acceptors (Lipinski definition) is 1. The van der Waals surface area contributed by atoms with E-state index >= 15 is 0 Å². The van der Waals surface area contributed by atoms with E-state index in [0.29, 0.717) is 23.9 Å². The summed E-state index contributed by atoms with van der Waals surface area (Å²) >= 11 is 3.25. The van der Waals surface area contributed by atoms with Crippen molar-refractivity contribution in [3.05, 3.63) is 34.1 Å². The van der Waals surface area contributed by atoms with E-state index in [9.17, 15) is 8.78 Å². The lowest BCUT2D eigenvalue weighted by molar-refractivity contribution is 0.190. The minimum absolute atomic E-state index is 0.303. The summed E-state index contributed by atoms with van der Waals surface area (Å²) in [5.41, 5.74) is -0.358. The second-order valence-electron chi connectivity index (χ2n) is 3.99. The molecule has 1 N–H and O–H groups in total. The van der Waals surface area contributed by atoms with Crippen LogP contribution in [0.15, 0.2) is 22.7 Å². The zero-order valence-electron chi connectivity index (χ0n) is 8.19. The summed E-state index contributed by atoms with van der Waals surface area (Å²) in [6.45, 7) is 1.10. The molecule has 1 nitrogen and oxygen atoms in total. The highest BCUT2D eigenvalue weighted by Crippen LogP contribution is 2.28. The molecule has 0 aliphatic carbocycles. The quantitative estimate of drug-likeness (QED) is 0.875. The monoisotopic (exact) mass is 275 g/mol. The van der Waals surface area contributed by atoms with E-state index in [1.165, 1.54) is 12.1 Å². The summed E-state index contributed by atoms with van der Waals surface area (Å²) in [5.74, 6) is -0.303. The predicted molar refractivity (Wildman–Crippen MR) is 59.1 cm³/mol. The molecular weight excluding hydrogens is 264 g/mol. The normalized spacial score (nSPS) is 25.8. The molecule has 0 spiro atoms. The van der Waals surface area contributed by atoms with Gasteiger partial charge >= 0.3 is 0 Å². The summed E-state index contributed by atoms with van der Waals surface area (Å²) in [7, 11) is 0. The highest BCUT2D eigenvalue weighted by molar-refractivity contribution is 9.10. The van der Waals surface area contributed by atoms with Gasteiger partial charge in [-0.25, -0.2) is 8.78 Å². The summed E-state index contributed by atoms with van der Waals surface area (Å²) in [4.78, 5) is 0. The summed E-state index contributed by atoms with van der Waals surface area (Å²) < 4.78 is 27.6. The van der Waals surface area contributed by atoms with E-state index in [1.54, 1.807) is 6.07 Å². The fraction of sp³-hybridized carbons (Fsp3) is 0.455. The Morgan fingerprint density at radius 3 is 2.87 bits per heavy atom. The number of alkyl halides is 1. The van der Waals surface area contributed by atoms with Crippen molar-refractivity contribution >= 4 is 15.9 Å². The Kier molecular flexibility index (Phi) is 3.07. The Morgan fingerprint density at radius 1 is 1.47 bits per heavy atom. The first-order valence-electron chi connectivity index (χ1n) is 4.93. The van der Waals surface area contributed by atoms with Crippen LogP contribution in [0.4, 0.5) is 8.78 Å². The lowest BCUT2D eigenvalue weighted by Gasteiger charge is -2.18. The summed E-state index contributed by atoms with van der Waals surface area (Å²) in [6.07, 6.45) is 0.859. The first kappa shape index (κ1) is 11.0. The van der Waals surface area contributed by atoms with Crippen molar-refractivity contribution in [1.82, 2.24) is 5.32 Å². The molecule has 0 radical (unpaired) electrons. The van der Waals surface area contributed by atoms with Crippen molar-refractivity contribution in [1.29, 1.82) is 0 Å². The van der Waals surface area contributed by atoms with Crippen molar-refractivity contribution < 1.29 is 8.78 Å². The summed E-state index contributed by atoms with van der Waals surface area (Å²) in [5, 5.41) is 3.00. The van der Waals surface area contributed by atoms with E-state index < -0.39 is 5.67 Å². The van der Waals surface area contributed by atoms with E-state index in [2.05, 4.69) is 21.2 Å². The van der Waals surface area contributed by atoms with E-state index in [4.69, 9.17) is 0 Å². The summed E-state index contributed by atoms with van der Waals surface area (Å²) in [6, 6.07) is 4.38. The van der Waals surface area contributed by atoms with Crippen LogP contribution in [0, 0.1) is 5.82 Å². The molecule has 1 aliphatic rings. The van der Waals surface area contributed by atoms with Crippen LogP contribution in [0.25, 0.3) is 0 Å². The van der Waals surface area contributed by atoms with Gasteiger partial charge in [-0.2, -0.15) is 0 Å². The van der Waals surface area contributed by atoms with Crippen LogP contribution in [0.2, 0.25) is 0 Å². The molecule has 4 heteroatoms. The fourth-order valence-corrected chi connectivity index (χ4v) is 2.36. The number of nitrogens with one attached hydrogen (secondary N) is 1. The van der Waals surface area contributed by atoms with Gasteiger partial charge in [0.25, 0.3) is 0 Å². The number of benzene rings is 1. The van der Waals surface area contributed by atoms with Crippen LogP contribution in [-0.4, -0.2) is 18.8 Å². The van der Waals surface area contributed by atoms with E-state index in [0.717, 1.165) is 12.1 Å². The van der Waals surface area contributed by atoms with Gasteiger partial charge in [-0.15, -0.1) is 0 Å². The molecule has 1 saturated heterocycles. The zero-order valence-corrected chi connectivity index (χ0v) is 9.78. The highest BCUT2D eigenvalue weighted by atomic mass is 79.9. The van der Waals surface area contributed by atoms with E-state index in [1.807, 2.05) is 0 Å². The number of halogens is 3. The van der Waals surface area contributed by atoms with Gasteiger partial charge in [0.05, 0.1) is 0 Å². The molecule has 0 aromatic heterocycles. The molecule has 1 unspecified atom stereocenters. The maximum atomic E-state index is 14.1. The van der Waals surface area contributed by atoms with Gasteiger partial charge in [-0.05, 0) is 30.7 Å². The second-order valence-corrected chi connectivity index (χ2v) is 4.84. The third-order valence-electron chi connectivity index (χ3n) is 2.71. The SMILES string of the molecule is Fc1ccc(CC2(F)CCNC2)c(Br)c1. The Bertz CT molecular complexity index is 362. The maximum Gasteiger partial charge on any atom is 0.128 e. The Morgan fingerprint density at radius 2 is 2.27 bits per heavy atom. The molecule has 1 heterocycles. The minimum Gasteiger partial charge on any atom is -0.313 e. The van der Waals surface area contributed by atoms with Gasteiger partial charge < -0.3 is 5.32 Å². The largest absolute Gasteiger partial charge is 0.313 e. The van der Waals surface area contributed by atoms with Crippen LogP contribution < -0.4 is 5.32 Å². The van der Waals surface area contributed by atoms with Gasteiger partial charge in [0.2, 0.25) is 0 Å². The molecule has 1 aliphatic heterocycles. The van der Waals surface area contributed by atoms with Gasteiger partial charge in [-0.3, -0.25) is 0 Å². The maximum absolute atomic E-state index is 14.1. The molecular formula is C11H12BrF2N. The fourth-order valence-electron chi connectivity index (χ4n) is 1.87. The number of rotatable bonds is 2. The molecule has 15 heavy (non-hydrogen) atoms. The predicted octanol–water partition coefficient (Wildman–Crippen LogP) is 2.83. The third-order valence-corrected chi connectivity index (χ3v) is 3.45. The first-order chi connectivity index (χ1) is 7.09. The topological polar surface area (TPSA) is 12.0 Å². The van der Waals surface area contributed by atoms with E-state index in [-0.39, 0.29) is 5.82 Å². The van der Waals surface area contributed by atoms with Crippen molar-refractivity contribution in [3.8, 4) is 0 Å². The highest BCUT2D eigenvalue weighted by Gasteiger charge is 2.34. The van der Waals surface area contributed by atoms with Crippen LogP contribution in [0.5, 0.6) is 0 Å². The van der Waals surface area contributed by atoms with Crippen molar-refractivity contribution in [2.45, 2.75) is 18.5 Å². The average Bonchev–Trinajstić information content (AvgIpc) is 2.58. The van der Waals surface area contributed by atoms with Crippen LogP contribution in [0.3, 0.4) is 0 Å². The van der Waals surface area contributed by atoms with Gasteiger partial charge in [0.15, 0.2) is 0 Å². The second kappa shape index (κ2) is 4.18. The average molecular weight is 276 g/mol. The molecule has 1 aromatic rings. The Hall–Kier alpha value is -0.480. The van der Waals surface area contributed by atoms with Gasteiger partial charge in [-0.1, -0.05) is 22.0 Å². The lowest BCUT2D eigenvalue weighted by atomic mass is 9.95. The smallest absolute Gasteiger partial charge is 0.128 e. The standard InChI is InChI=1S/C11H12BrF2N/c12-10-5-9(13)2-1-8(10)6-11(14)3-4-15-7-11/h1-2,5,15H,3-4,6-7H2. The first-order valence-corrected chi connectivity index (χ1v) is 5.72. The van der Waals surface area contributed by atoms with Gasteiger partial charge in [0.1, 0.15) is 11.5 Å². The molecule has 82 valence electrons. The van der Waals surface area contributed by atoms with Crippen molar-refractivity contribution in [2.24, 2.45) is 0 Å². The zero-order chi connectivity index (χ0) is 10.9. The minimum atomic E-state index is -1.18. The third kappa shape index (κ3) is 2.55. The lowest BCUT2D eigenvalue weighted by Crippen LogP contribution is -2.28. The van der Waals surface area contributed by atoms with Crippen molar-refractivity contribution in [2.75, 3.05) is 13.1 Å². The van der Waals surface area contributed by atoms with Gasteiger partial charge in [0, 0.05) is 17.4 Å². The van der Waals surface area contributed by atoms with Crippen LogP contribution >= 0.6 is 15.9 Å². The van der Waals surface area contributed by atoms with Crippen LogP contribution in [0.1, 0.15) is 12.0 Å². The van der Waals surface area contributed by atoms with Crippen LogP contribution in [-0.2, 0) is 6.42 Å². The molecule has 1 aromatic carbocycles. The molecule has 0 bridgehead atoms. The molecule has 1 fully saturated rings. The molecule has 0 saturated carbocycles. The number of hydrogen-bond donors (Lipinski definition) is 1. The molecule has 0 amide bonds. The van der Waals surface area contributed by atoms with Crippen molar-refractivity contribution in [3.63, 3.8) is 0 Å². The molecule has 2 rings (SSSR count). The Balaban J connectivity index is 2.16. The Labute approximate surface area is 96.0 Å². The molecule has 1 atom stereocenters.